The van der Waals surface area contributed by atoms with Crippen LogP contribution in [0.4, 0.5) is 0 Å². The molecule has 3 rings (SSSR count). The van der Waals surface area contributed by atoms with E-state index in [1.165, 1.54) is 47.8 Å². The van der Waals surface area contributed by atoms with Crippen molar-refractivity contribution in [1.29, 1.82) is 0 Å². The molecule has 0 atom stereocenters. The van der Waals surface area contributed by atoms with Crippen molar-refractivity contribution in [2.45, 2.75) is 45.6 Å². The molecule has 2 heteroatoms. The first-order valence-corrected chi connectivity index (χ1v) is 7.04. The standard InChI is InChI=1S/C16H21NO/c1-3-5-13-14-8-11-6-4-7-12(11)9-15(14)18-16(13)10-17-2/h8-9,17H,3-7,10H2,1-2H3. The third-order valence-corrected chi connectivity index (χ3v) is 3.93. The highest BCUT2D eigenvalue weighted by atomic mass is 16.3. The molecule has 2 nitrogen and oxygen atoms in total. The van der Waals surface area contributed by atoms with Crippen molar-refractivity contribution in [3.8, 4) is 0 Å². The Morgan fingerprint density at radius 2 is 2.00 bits per heavy atom. The zero-order valence-corrected chi connectivity index (χ0v) is 11.3. The minimum atomic E-state index is 0.828. The monoisotopic (exact) mass is 243 g/mol. The molecule has 1 aromatic heterocycles. The van der Waals surface area contributed by atoms with E-state index in [4.69, 9.17) is 4.42 Å². The fourth-order valence-corrected chi connectivity index (χ4v) is 3.09. The fourth-order valence-electron chi connectivity index (χ4n) is 3.09. The maximum Gasteiger partial charge on any atom is 0.134 e. The van der Waals surface area contributed by atoms with Gasteiger partial charge < -0.3 is 9.73 Å². The summed E-state index contributed by atoms with van der Waals surface area (Å²) >= 11 is 0. The first kappa shape index (κ1) is 11.8. The molecule has 96 valence electrons. The summed E-state index contributed by atoms with van der Waals surface area (Å²) in [6.45, 7) is 3.06. The normalized spacial score (nSPS) is 14.3. The second-order valence-electron chi connectivity index (χ2n) is 5.25. The number of hydrogen-bond donors (Lipinski definition) is 1. The average Bonchev–Trinajstić information content (AvgIpc) is 2.93. The molecular formula is C16H21NO. The Balaban J connectivity index is 2.16. The van der Waals surface area contributed by atoms with Crippen LogP contribution in [-0.4, -0.2) is 7.05 Å². The molecule has 0 bridgehead atoms. The third-order valence-electron chi connectivity index (χ3n) is 3.93. The van der Waals surface area contributed by atoms with Gasteiger partial charge in [-0.1, -0.05) is 13.3 Å². The van der Waals surface area contributed by atoms with Gasteiger partial charge in [-0.15, -0.1) is 0 Å². The highest BCUT2D eigenvalue weighted by Gasteiger charge is 2.18. The van der Waals surface area contributed by atoms with Crippen LogP contribution in [0.15, 0.2) is 16.5 Å². The molecule has 1 aliphatic rings. The lowest BCUT2D eigenvalue weighted by Gasteiger charge is -2.01. The SMILES string of the molecule is CCCc1c(CNC)oc2cc3c(cc12)CCC3. The van der Waals surface area contributed by atoms with E-state index in [0.29, 0.717) is 0 Å². The summed E-state index contributed by atoms with van der Waals surface area (Å²) in [5, 5.41) is 4.56. The third kappa shape index (κ3) is 1.85. The van der Waals surface area contributed by atoms with E-state index >= 15 is 0 Å². The van der Waals surface area contributed by atoms with E-state index in [0.717, 1.165) is 24.3 Å². The zero-order valence-electron chi connectivity index (χ0n) is 11.3. The Hall–Kier alpha value is -1.28. The molecule has 0 fully saturated rings. The van der Waals surface area contributed by atoms with E-state index in [9.17, 15) is 0 Å². The van der Waals surface area contributed by atoms with Gasteiger partial charge in [0.25, 0.3) is 0 Å². The summed E-state index contributed by atoms with van der Waals surface area (Å²) in [5.41, 5.74) is 5.54. The minimum Gasteiger partial charge on any atom is -0.459 e. The van der Waals surface area contributed by atoms with Gasteiger partial charge in [0, 0.05) is 10.9 Å². The molecule has 18 heavy (non-hydrogen) atoms. The maximum atomic E-state index is 6.05. The molecule has 0 unspecified atom stereocenters. The van der Waals surface area contributed by atoms with Gasteiger partial charge in [-0.3, -0.25) is 0 Å². The van der Waals surface area contributed by atoms with Crippen LogP contribution in [-0.2, 0) is 25.8 Å². The summed E-state index contributed by atoms with van der Waals surface area (Å²) in [4.78, 5) is 0. The maximum absolute atomic E-state index is 6.05. The average molecular weight is 243 g/mol. The number of aryl methyl sites for hydroxylation is 3. The predicted molar refractivity (Wildman–Crippen MR) is 75.0 cm³/mol. The molecule has 0 aliphatic heterocycles. The molecule has 1 N–H and O–H groups in total. The van der Waals surface area contributed by atoms with Crippen molar-refractivity contribution in [2.75, 3.05) is 7.05 Å². The van der Waals surface area contributed by atoms with Gasteiger partial charge in [-0.05, 0) is 56.0 Å². The Bertz CT molecular complexity index is 568. The van der Waals surface area contributed by atoms with E-state index < -0.39 is 0 Å². The summed E-state index contributed by atoms with van der Waals surface area (Å²) in [6, 6.07) is 4.65. The Morgan fingerprint density at radius 3 is 2.72 bits per heavy atom. The summed E-state index contributed by atoms with van der Waals surface area (Å²) in [6.07, 6.45) is 6.04. The highest BCUT2D eigenvalue weighted by Crippen LogP contribution is 2.33. The van der Waals surface area contributed by atoms with Crippen LogP contribution >= 0.6 is 0 Å². The molecular weight excluding hydrogens is 222 g/mol. The van der Waals surface area contributed by atoms with E-state index in [-0.39, 0.29) is 0 Å². The molecule has 1 heterocycles. The summed E-state index contributed by atoms with van der Waals surface area (Å²) in [7, 11) is 1.98. The van der Waals surface area contributed by atoms with E-state index in [1.54, 1.807) is 0 Å². The molecule has 0 amide bonds. The molecule has 0 saturated heterocycles. The van der Waals surface area contributed by atoms with Gasteiger partial charge in [0.1, 0.15) is 11.3 Å². The topological polar surface area (TPSA) is 25.2 Å². The van der Waals surface area contributed by atoms with E-state index in [2.05, 4.69) is 24.4 Å². The van der Waals surface area contributed by atoms with Gasteiger partial charge in [0.15, 0.2) is 0 Å². The molecule has 1 aliphatic carbocycles. The number of fused-ring (bicyclic) bond motifs is 2. The highest BCUT2D eigenvalue weighted by molar-refractivity contribution is 5.84. The van der Waals surface area contributed by atoms with Gasteiger partial charge >= 0.3 is 0 Å². The largest absolute Gasteiger partial charge is 0.459 e. The van der Waals surface area contributed by atoms with E-state index in [1.807, 2.05) is 7.05 Å². The van der Waals surface area contributed by atoms with Crippen LogP contribution in [0, 0.1) is 0 Å². The molecule has 0 spiro atoms. The van der Waals surface area contributed by atoms with Gasteiger partial charge in [0.05, 0.1) is 6.54 Å². The minimum absolute atomic E-state index is 0.828. The van der Waals surface area contributed by atoms with Gasteiger partial charge in [-0.2, -0.15) is 0 Å². The van der Waals surface area contributed by atoms with Crippen LogP contribution in [0.5, 0.6) is 0 Å². The first-order chi connectivity index (χ1) is 8.83. The Morgan fingerprint density at radius 1 is 1.22 bits per heavy atom. The quantitative estimate of drug-likeness (QED) is 0.887. The van der Waals surface area contributed by atoms with Gasteiger partial charge in [0.2, 0.25) is 0 Å². The van der Waals surface area contributed by atoms with Crippen molar-refractivity contribution in [3.05, 3.63) is 34.6 Å². The lowest BCUT2D eigenvalue weighted by Crippen LogP contribution is -2.05. The fraction of sp³-hybridized carbons (Fsp3) is 0.500. The summed E-state index contributed by atoms with van der Waals surface area (Å²) < 4.78 is 6.05. The Kier molecular flexibility index (Phi) is 3.13. The smallest absolute Gasteiger partial charge is 0.134 e. The van der Waals surface area contributed by atoms with Crippen LogP contribution in [0.25, 0.3) is 11.0 Å². The van der Waals surface area contributed by atoms with Crippen LogP contribution in [0.2, 0.25) is 0 Å². The summed E-state index contributed by atoms with van der Waals surface area (Å²) in [5.74, 6) is 1.12. The van der Waals surface area contributed by atoms with Crippen molar-refractivity contribution >= 4 is 11.0 Å². The Labute approximate surface area is 108 Å². The van der Waals surface area contributed by atoms with Crippen molar-refractivity contribution < 1.29 is 4.42 Å². The second kappa shape index (κ2) is 4.77. The van der Waals surface area contributed by atoms with Crippen molar-refractivity contribution in [3.63, 3.8) is 0 Å². The number of nitrogens with one attached hydrogen (secondary N) is 1. The lowest BCUT2D eigenvalue weighted by molar-refractivity contribution is 0.523. The number of rotatable bonds is 4. The number of hydrogen-bond acceptors (Lipinski definition) is 2. The number of furan rings is 1. The van der Waals surface area contributed by atoms with Crippen LogP contribution in [0.3, 0.4) is 0 Å². The predicted octanol–water partition coefficient (Wildman–Crippen LogP) is 3.59. The molecule has 1 aromatic carbocycles. The molecule has 2 aromatic rings. The van der Waals surface area contributed by atoms with Crippen molar-refractivity contribution in [2.24, 2.45) is 0 Å². The lowest BCUT2D eigenvalue weighted by atomic mass is 10.0. The zero-order chi connectivity index (χ0) is 12.5. The van der Waals surface area contributed by atoms with Gasteiger partial charge in [-0.25, -0.2) is 0 Å². The van der Waals surface area contributed by atoms with Crippen LogP contribution < -0.4 is 5.32 Å². The first-order valence-electron chi connectivity index (χ1n) is 7.04. The molecule has 0 saturated carbocycles. The number of benzene rings is 1. The second-order valence-corrected chi connectivity index (χ2v) is 5.25. The van der Waals surface area contributed by atoms with Crippen LogP contribution in [0.1, 0.15) is 42.2 Å². The van der Waals surface area contributed by atoms with Crippen molar-refractivity contribution in [1.82, 2.24) is 5.32 Å². The molecule has 0 radical (unpaired) electrons.